The quantitative estimate of drug-likeness (QED) is 0.647. The minimum atomic E-state index is -0.901. The number of methoxy groups -OCH3 is 1. The summed E-state index contributed by atoms with van der Waals surface area (Å²) in [4.78, 5) is 22.1. The first-order valence-electron chi connectivity index (χ1n) is 6.58. The minimum absolute atomic E-state index is 0.263. The third-order valence-corrected chi connectivity index (χ3v) is 5.16. The zero-order valence-electron chi connectivity index (χ0n) is 11.8. The number of hydrogen-bond acceptors (Lipinski definition) is 6. The summed E-state index contributed by atoms with van der Waals surface area (Å²) in [6, 6.07) is 2.69. The summed E-state index contributed by atoms with van der Waals surface area (Å²) in [6.45, 7) is 0. The summed E-state index contributed by atoms with van der Waals surface area (Å²) in [7, 11) is 1.46. The highest BCUT2D eigenvalue weighted by molar-refractivity contribution is 8.00. The van der Waals surface area contributed by atoms with Gasteiger partial charge in [0.15, 0.2) is 0 Å². The highest BCUT2D eigenvalue weighted by atomic mass is 32.2. The Hall–Kier alpha value is -2.19. The maximum absolute atomic E-state index is 11.6. The SMILES string of the molecule is COc1cc2c(cc1C(N)=O)C1(C=CN2)NC(C(=O)O)CS1. The Morgan fingerprint density at radius 3 is 2.86 bits per heavy atom. The Bertz CT molecular complexity index is 691. The molecule has 0 aromatic heterocycles. The molecule has 0 saturated carbocycles. The molecule has 2 atom stereocenters. The predicted octanol–water partition coefficient (Wildman–Crippen LogP) is 0.676. The van der Waals surface area contributed by atoms with Gasteiger partial charge in [-0.25, -0.2) is 0 Å². The molecule has 0 radical (unpaired) electrons. The van der Waals surface area contributed by atoms with Crippen molar-refractivity contribution in [2.24, 2.45) is 5.73 Å². The molecular formula is C14H15N3O4S. The van der Waals surface area contributed by atoms with Crippen molar-refractivity contribution in [1.82, 2.24) is 5.32 Å². The maximum Gasteiger partial charge on any atom is 0.321 e. The van der Waals surface area contributed by atoms with Crippen LogP contribution in [0.1, 0.15) is 15.9 Å². The molecule has 1 aromatic rings. The van der Waals surface area contributed by atoms with Crippen molar-refractivity contribution in [2.75, 3.05) is 18.2 Å². The molecule has 3 rings (SSSR count). The molecule has 1 amide bonds. The van der Waals surface area contributed by atoms with Gasteiger partial charge in [-0.2, -0.15) is 0 Å². The second kappa shape index (κ2) is 5.22. The molecule has 1 spiro atoms. The van der Waals surface area contributed by atoms with Crippen LogP contribution in [0.5, 0.6) is 5.75 Å². The fraction of sp³-hybridized carbons (Fsp3) is 0.286. The summed E-state index contributed by atoms with van der Waals surface area (Å²) < 4.78 is 5.20. The van der Waals surface area contributed by atoms with E-state index in [-0.39, 0.29) is 5.56 Å². The van der Waals surface area contributed by atoms with Gasteiger partial charge in [0, 0.05) is 29.3 Å². The first-order chi connectivity index (χ1) is 10.5. The Kier molecular flexibility index (Phi) is 3.50. The second-order valence-electron chi connectivity index (χ2n) is 5.02. The lowest BCUT2D eigenvalue weighted by Crippen LogP contribution is -2.43. The maximum atomic E-state index is 11.6. The minimum Gasteiger partial charge on any atom is -0.496 e. The molecule has 22 heavy (non-hydrogen) atoms. The van der Waals surface area contributed by atoms with Crippen molar-refractivity contribution >= 4 is 29.3 Å². The number of carboxylic acids is 1. The molecule has 2 heterocycles. The van der Waals surface area contributed by atoms with Crippen molar-refractivity contribution in [3.8, 4) is 5.75 Å². The number of nitrogens with one attached hydrogen (secondary N) is 2. The Morgan fingerprint density at radius 1 is 1.50 bits per heavy atom. The highest BCUT2D eigenvalue weighted by Gasteiger charge is 2.44. The normalized spacial score (nSPS) is 25.6. The van der Waals surface area contributed by atoms with Crippen LogP contribution >= 0.6 is 11.8 Å². The fourth-order valence-electron chi connectivity index (χ4n) is 2.65. The number of amides is 1. The van der Waals surface area contributed by atoms with Crippen molar-refractivity contribution in [1.29, 1.82) is 0 Å². The topological polar surface area (TPSA) is 114 Å². The number of nitrogens with two attached hydrogens (primary N) is 1. The lowest BCUT2D eigenvalue weighted by atomic mass is 9.97. The molecule has 5 N–H and O–H groups in total. The molecule has 8 heteroatoms. The molecule has 1 fully saturated rings. The summed E-state index contributed by atoms with van der Waals surface area (Å²) in [6.07, 6.45) is 3.59. The average Bonchev–Trinajstić information content (AvgIpc) is 2.91. The zero-order valence-corrected chi connectivity index (χ0v) is 12.6. The van der Waals surface area contributed by atoms with Gasteiger partial charge >= 0.3 is 5.97 Å². The number of hydrogen-bond donors (Lipinski definition) is 4. The number of fused-ring (bicyclic) bond motifs is 2. The molecule has 1 saturated heterocycles. The van der Waals surface area contributed by atoms with Gasteiger partial charge in [0.2, 0.25) is 0 Å². The van der Waals surface area contributed by atoms with Gasteiger partial charge < -0.3 is 20.9 Å². The fourth-order valence-corrected chi connectivity index (χ4v) is 4.02. The summed E-state index contributed by atoms with van der Waals surface area (Å²) in [5, 5.41) is 15.4. The third kappa shape index (κ3) is 2.20. The van der Waals surface area contributed by atoms with Crippen LogP contribution in [0.2, 0.25) is 0 Å². The third-order valence-electron chi connectivity index (χ3n) is 3.73. The van der Waals surface area contributed by atoms with Crippen LogP contribution in [0.4, 0.5) is 5.69 Å². The zero-order chi connectivity index (χ0) is 15.9. The smallest absolute Gasteiger partial charge is 0.321 e. The van der Waals surface area contributed by atoms with Gasteiger partial charge in [-0.15, -0.1) is 11.8 Å². The number of carboxylic acid groups (broad SMARTS) is 1. The van der Waals surface area contributed by atoms with E-state index in [0.29, 0.717) is 11.5 Å². The van der Waals surface area contributed by atoms with E-state index in [1.54, 1.807) is 18.3 Å². The number of carbonyl (C=O) groups is 2. The standard InChI is InChI=1S/C14H15N3O4S/c1-21-11-5-9-8(4-7(11)12(15)18)14(2-3-16-9)17-10(6-22-14)13(19)20/h2-5,10,16-17H,6H2,1H3,(H2,15,18)(H,19,20). The molecule has 2 aliphatic rings. The largest absolute Gasteiger partial charge is 0.496 e. The van der Waals surface area contributed by atoms with Crippen molar-refractivity contribution < 1.29 is 19.4 Å². The van der Waals surface area contributed by atoms with Crippen LogP contribution in [-0.2, 0) is 9.67 Å². The lowest BCUT2D eigenvalue weighted by molar-refractivity contribution is -0.138. The van der Waals surface area contributed by atoms with Crippen LogP contribution in [-0.4, -0.2) is 35.9 Å². The summed E-state index contributed by atoms with van der Waals surface area (Å²) in [5.41, 5.74) is 7.18. The summed E-state index contributed by atoms with van der Waals surface area (Å²) in [5.74, 6) is -0.692. The second-order valence-corrected chi connectivity index (χ2v) is 6.29. The van der Waals surface area contributed by atoms with Crippen LogP contribution in [0.3, 0.4) is 0 Å². The molecule has 0 bridgehead atoms. The van der Waals surface area contributed by atoms with Gasteiger partial charge in [0.05, 0.1) is 12.7 Å². The van der Waals surface area contributed by atoms with E-state index < -0.39 is 22.8 Å². The number of carbonyl (C=O) groups excluding carboxylic acids is 1. The van der Waals surface area contributed by atoms with E-state index in [1.165, 1.54) is 18.9 Å². The predicted molar refractivity (Wildman–Crippen MR) is 83.0 cm³/mol. The van der Waals surface area contributed by atoms with Crippen LogP contribution in [0.15, 0.2) is 24.4 Å². The Balaban J connectivity index is 2.10. The molecule has 7 nitrogen and oxygen atoms in total. The number of ether oxygens (including phenoxy) is 1. The average molecular weight is 321 g/mol. The van der Waals surface area contributed by atoms with Crippen molar-refractivity contribution in [3.63, 3.8) is 0 Å². The number of anilines is 1. The number of primary amides is 1. The molecule has 116 valence electrons. The van der Waals surface area contributed by atoms with E-state index >= 15 is 0 Å². The van der Waals surface area contributed by atoms with E-state index in [1.807, 2.05) is 6.08 Å². The molecule has 0 aliphatic carbocycles. The first-order valence-corrected chi connectivity index (χ1v) is 7.56. The van der Waals surface area contributed by atoms with Gasteiger partial charge in [0.25, 0.3) is 5.91 Å². The van der Waals surface area contributed by atoms with Crippen LogP contribution in [0.25, 0.3) is 0 Å². The first kappa shape index (κ1) is 14.7. The van der Waals surface area contributed by atoms with Gasteiger partial charge in [-0.3, -0.25) is 14.9 Å². The number of benzene rings is 1. The highest BCUT2D eigenvalue weighted by Crippen LogP contribution is 2.47. The lowest BCUT2D eigenvalue weighted by Gasteiger charge is -2.32. The van der Waals surface area contributed by atoms with Gasteiger partial charge in [0.1, 0.15) is 16.7 Å². The Labute approximate surface area is 130 Å². The van der Waals surface area contributed by atoms with Gasteiger partial charge in [-0.05, 0) is 12.1 Å². The Morgan fingerprint density at radius 2 is 2.27 bits per heavy atom. The van der Waals surface area contributed by atoms with Crippen LogP contribution in [0, 0.1) is 0 Å². The molecular weight excluding hydrogens is 306 g/mol. The monoisotopic (exact) mass is 321 g/mol. The van der Waals surface area contributed by atoms with Crippen molar-refractivity contribution in [3.05, 3.63) is 35.5 Å². The number of thioether (sulfide) groups is 1. The molecule has 2 unspecified atom stereocenters. The molecule has 1 aromatic carbocycles. The molecule has 2 aliphatic heterocycles. The number of rotatable bonds is 3. The van der Waals surface area contributed by atoms with E-state index in [2.05, 4.69) is 10.6 Å². The summed E-state index contributed by atoms with van der Waals surface area (Å²) >= 11 is 1.47. The van der Waals surface area contributed by atoms with E-state index in [0.717, 1.165) is 11.3 Å². The van der Waals surface area contributed by atoms with E-state index in [4.69, 9.17) is 10.5 Å². The number of aliphatic carboxylic acids is 1. The van der Waals surface area contributed by atoms with Gasteiger partial charge in [-0.1, -0.05) is 0 Å². The van der Waals surface area contributed by atoms with Crippen molar-refractivity contribution in [2.45, 2.75) is 10.9 Å². The van der Waals surface area contributed by atoms with Crippen LogP contribution < -0.4 is 21.1 Å². The van der Waals surface area contributed by atoms with E-state index in [9.17, 15) is 14.7 Å².